The first-order chi connectivity index (χ1) is 11.1. The lowest BCUT2D eigenvalue weighted by atomic mass is 9.92. The third-order valence-corrected chi connectivity index (χ3v) is 5.35. The summed E-state index contributed by atoms with van der Waals surface area (Å²) in [5.74, 6) is 1.53. The lowest BCUT2D eigenvalue weighted by Gasteiger charge is -2.38. The summed E-state index contributed by atoms with van der Waals surface area (Å²) in [7, 11) is 0. The second-order valence-electron chi connectivity index (χ2n) is 6.85. The molecule has 3 rings (SSSR count). The number of hydrogen-bond acceptors (Lipinski definition) is 6. The van der Waals surface area contributed by atoms with Crippen molar-refractivity contribution >= 4 is 30.6 Å². The number of aliphatic hydroxyl groups excluding tert-OH is 1. The minimum Gasteiger partial charge on any atom is -0.392 e. The van der Waals surface area contributed by atoms with Crippen molar-refractivity contribution < 1.29 is 5.11 Å². The van der Waals surface area contributed by atoms with Gasteiger partial charge in [-0.3, -0.25) is 4.90 Å². The molecule has 1 unspecified atom stereocenters. The molecule has 0 radical (unpaired) electrons. The Bertz CT molecular complexity index is 520. The van der Waals surface area contributed by atoms with Gasteiger partial charge >= 0.3 is 0 Å². The second-order valence-corrected chi connectivity index (χ2v) is 6.85. The van der Waals surface area contributed by atoms with Gasteiger partial charge in [0.05, 0.1) is 6.10 Å². The average molecular weight is 392 g/mol. The number of nitrogens with one attached hydrogen (secondary N) is 1. The van der Waals surface area contributed by atoms with E-state index >= 15 is 0 Å². The molecule has 6 nitrogen and oxygen atoms in total. The molecule has 2 N–H and O–H groups in total. The predicted molar refractivity (Wildman–Crippen MR) is 106 cm³/mol. The highest BCUT2D eigenvalue weighted by Gasteiger charge is 2.26. The molecule has 3 heterocycles. The van der Waals surface area contributed by atoms with Gasteiger partial charge in [-0.15, -0.1) is 24.8 Å². The molecule has 0 saturated carbocycles. The van der Waals surface area contributed by atoms with E-state index < -0.39 is 0 Å². The van der Waals surface area contributed by atoms with Crippen LogP contribution >= 0.6 is 24.8 Å². The fraction of sp³-hybridized carbons (Fsp3) is 0.765. The van der Waals surface area contributed by atoms with Gasteiger partial charge in [-0.05, 0) is 45.7 Å². The number of aliphatic hydroxyl groups is 1. The lowest BCUT2D eigenvalue weighted by Crippen LogP contribution is -2.50. The first-order valence-electron chi connectivity index (χ1n) is 8.79. The van der Waals surface area contributed by atoms with Crippen molar-refractivity contribution in [3.05, 3.63) is 17.6 Å². The van der Waals surface area contributed by atoms with Gasteiger partial charge in [0.1, 0.15) is 12.1 Å². The van der Waals surface area contributed by atoms with E-state index in [0.29, 0.717) is 5.92 Å². The monoisotopic (exact) mass is 391 g/mol. The van der Waals surface area contributed by atoms with E-state index in [2.05, 4.69) is 32.0 Å². The fourth-order valence-corrected chi connectivity index (χ4v) is 3.63. The summed E-state index contributed by atoms with van der Waals surface area (Å²) in [6.45, 7) is 10.9. The summed E-state index contributed by atoms with van der Waals surface area (Å²) < 4.78 is 0. The number of aromatic nitrogens is 2. The Morgan fingerprint density at radius 3 is 2.40 bits per heavy atom. The first-order valence-corrected chi connectivity index (χ1v) is 8.79. The summed E-state index contributed by atoms with van der Waals surface area (Å²) in [6, 6.07) is 0. The molecule has 1 aromatic rings. The maximum absolute atomic E-state index is 10.5. The maximum Gasteiger partial charge on any atom is 0.135 e. The topological polar surface area (TPSA) is 64.5 Å². The van der Waals surface area contributed by atoms with Gasteiger partial charge in [0.15, 0.2) is 0 Å². The molecule has 2 aliphatic heterocycles. The minimum absolute atomic E-state index is 0. The summed E-state index contributed by atoms with van der Waals surface area (Å²) in [4.78, 5) is 13.5. The van der Waals surface area contributed by atoms with E-state index in [4.69, 9.17) is 0 Å². The molecule has 0 spiro atoms. The Morgan fingerprint density at radius 1 is 1.12 bits per heavy atom. The Kier molecular flexibility index (Phi) is 9.38. The highest BCUT2D eigenvalue weighted by molar-refractivity contribution is 5.85. The number of piperazine rings is 1. The molecule has 0 bridgehead atoms. The number of hydrogen-bond donors (Lipinski definition) is 2. The van der Waals surface area contributed by atoms with E-state index in [-0.39, 0.29) is 30.9 Å². The number of nitrogens with zero attached hydrogens (tertiary/aromatic N) is 4. The summed E-state index contributed by atoms with van der Waals surface area (Å²) in [6.07, 6.45) is 3.66. The summed E-state index contributed by atoms with van der Waals surface area (Å²) in [5.41, 5.74) is 2.23. The van der Waals surface area contributed by atoms with Crippen LogP contribution in [0.25, 0.3) is 0 Å². The van der Waals surface area contributed by atoms with E-state index in [9.17, 15) is 5.11 Å². The van der Waals surface area contributed by atoms with Crippen molar-refractivity contribution in [2.75, 3.05) is 50.7 Å². The Hall–Kier alpha value is -0.660. The summed E-state index contributed by atoms with van der Waals surface area (Å²) >= 11 is 0. The molecular formula is C17H31Cl2N5O. The lowest BCUT2D eigenvalue weighted by molar-refractivity contribution is 0.0487. The Balaban J connectivity index is 0.00000156. The fourth-order valence-electron chi connectivity index (χ4n) is 3.63. The third kappa shape index (κ3) is 5.66. The summed E-state index contributed by atoms with van der Waals surface area (Å²) in [5, 5.41) is 13.8. The van der Waals surface area contributed by atoms with Crippen molar-refractivity contribution in [3.63, 3.8) is 0 Å². The highest BCUT2D eigenvalue weighted by atomic mass is 35.5. The van der Waals surface area contributed by atoms with Crippen LogP contribution in [0.2, 0.25) is 0 Å². The van der Waals surface area contributed by atoms with E-state index in [1.54, 1.807) is 6.33 Å². The van der Waals surface area contributed by atoms with Gasteiger partial charge in [0.2, 0.25) is 0 Å². The van der Waals surface area contributed by atoms with Crippen LogP contribution in [0.15, 0.2) is 6.33 Å². The first kappa shape index (κ1) is 22.4. The zero-order valence-corrected chi connectivity index (χ0v) is 16.8. The third-order valence-electron chi connectivity index (χ3n) is 5.35. The zero-order valence-electron chi connectivity index (χ0n) is 15.1. The standard InChI is InChI=1S/C17H29N5O.2ClH/c1-13-14(2)19-12-20-17(13)22-9-7-21(8-10-22)11-16(23)15-3-5-18-6-4-15;;/h12,15-16,18,23H,3-11H2,1-2H3;2*1H. The van der Waals surface area contributed by atoms with Crippen molar-refractivity contribution in [2.24, 2.45) is 5.92 Å². The smallest absolute Gasteiger partial charge is 0.135 e. The quantitative estimate of drug-likeness (QED) is 0.808. The van der Waals surface area contributed by atoms with Crippen LogP contribution in [-0.2, 0) is 0 Å². The Labute approximate surface area is 163 Å². The van der Waals surface area contributed by atoms with Gasteiger partial charge in [0.25, 0.3) is 0 Å². The zero-order chi connectivity index (χ0) is 16.2. The van der Waals surface area contributed by atoms with Gasteiger partial charge < -0.3 is 15.3 Å². The molecule has 144 valence electrons. The molecule has 2 aliphatic rings. The molecular weight excluding hydrogens is 361 g/mol. The molecule has 2 saturated heterocycles. The van der Waals surface area contributed by atoms with Crippen LogP contribution in [0.5, 0.6) is 0 Å². The van der Waals surface area contributed by atoms with Crippen molar-refractivity contribution in [2.45, 2.75) is 32.8 Å². The Morgan fingerprint density at radius 2 is 1.76 bits per heavy atom. The number of halogens is 2. The van der Waals surface area contributed by atoms with E-state index in [1.807, 2.05) is 6.92 Å². The molecule has 2 fully saturated rings. The predicted octanol–water partition coefficient (Wildman–Crippen LogP) is 1.42. The molecule has 1 aromatic heterocycles. The van der Waals surface area contributed by atoms with Gasteiger partial charge in [-0.25, -0.2) is 9.97 Å². The largest absolute Gasteiger partial charge is 0.392 e. The van der Waals surface area contributed by atoms with E-state index in [0.717, 1.165) is 70.2 Å². The number of rotatable bonds is 4. The molecule has 0 aromatic carbocycles. The number of β-amino-alcohol motifs (C(OH)–C–C–N with tert-alkyl or cyclic N) is 1. The van der Waals surface area contributed by atoms with Crippen molar-refractivity contribution in [1.82, 2.24) is 20.2 Å². The van der Waals surface area contributed by atoms with E-state index in [1.165, 1.54) is 5.56 Å². The van der Waals surface area contributed by atoms with Crippen molar-refractivity contribution in [1.29, 1.82) is 0 Å². The minimum atomic E-state index is -0.188. The van der Waals surface area contributed by atoms with Crippen LogP contribution in [0.3, 0.4) is 0 Å². The molecule has 25 heavy (non-hydrogen) atoms. The number of aryl methyl sites for hydroxylation is 1. The molecule has 0 aliphatic carbocycles. The highest BCUT2D eigenvalue weighted by Crippen LogP contribution is 2.21. The average Bonchev–Trinajstić information content (AvgIpc) is 2.59. The molecule has 8 heteroatoms. The maximum atomic E-state index is 10.5. The second kappa shape index (κ2) is 10.5. The number of piperidine rings is 1. The van der Waals surface area contributed by atoms with Crippen molar-refractivity contribution in [3.8, 4) is 0 Å². The van der Waals surface area contributed by atoms with Crippen LogP contribution in [0, 0.1) is 19.8 Å². The SMILES string of the molecule is Cc1ncnc(N2CCN(CC(O)C3CCNCC3)CC2)c1C.Cl.Cl. The van der Waals surface area contributed by atoms with Crippen LogP contribution < -0.4 is 10.2 Å². The van der Waals surface area contributed by atoms with Gasteiger partial charge in [-0.2, -0.15) is 0 Å². The van der Waals surface area contributed by atoms with Crippen LogP contribution in [0.4, 0.5) is 5.82 Å². The normalized spacial score (nSPS) is 20.5. The molecule has 1 atom stereocenters. The van der Waals surface area contributed by atoms with Gasteiger partial charge in [0, 0.05) is 44.0 Å². The molecule has 0 amide bonds. The van der Waals surface area contributed by atoms with Crippen LogP contribution in [-0.4, -0.2) is 71.9 Å². The number of anilines is 1. The van der Waals surface area contributed by atoms with Gasteiger partial charge in [-0.1, -0.05) is 0 Å². The van der Waals surface area contributed by atoms with Crippen LogP contribution in [0.1, 0.15) is 24.1 Å².